The third-order valence-electron chi connectivity index (χ3n) is 15.9. The van der Waals surface area contributed by atoms with Crippen molar-refractivity contribution in [3.05, 3.63) is 23.3 Å². The number of hydrogen-bond donors (Lipinski definition) is 8. The molecule has 0 radical (unpaired) electrons. The number of esters is 1. The number of carbonyl (C=O) groups excluding carboxylic acids is 1. The highest BCUT2D eigenvalue weighted by Gasteiger charge is 2.66. The molecule has 4 heterocycles. The van der Waals surface area contributed by atoms with E-state index in [-0.39, 0.29) is 30.0 Å². The van der Waals surface area contributed by atoms with Crippen molar-refractivity contribution in [3.8, 4) is 0 Å². The van der Waals surface area contributed by atoms with Crippen LogP contribution in [-0.4, -0.2) is 171 Å². The largest absolute Gasteiger partial charge is 0.458 e. The number of aliphatic hydroxyl groups is 8. The molecule has 21 atom stereocenters. The molecule has 0 aromatic rings. The van der Waals surface area contributed by atoms with Gasteiger partial charge in [0.05, 0.1) is 37.1 Å². The first kappa shape index (κ1) is 44.0. The van der Waals surface area contributed by atoms with Crippen molar-refractivity contribution in [2.75, 3.05) is 26.9 Å². The van der Waals surface area contributed by atoms with Gasteiger partial charge in [-0.15, -0.1) is 0 Å². The lowest BCUT2D eigenvalue weighted by Crippen LogP contribution is -2.63. The fraction of sp³-hybridized carbons (Fsp3) is 0.881. The minimum atomic E-state index is -1.70. The molecule has 4 aliphatic carbocycles. The number of carbonyl (C=O) groups is 1. The lowest BCUT2D eigenvalue weighted by Gasteiger charge is -2.63. The summed E-state index contributed by atoms with van der Waals surface area (Å²) in [6.45, 7) is 5.53. The van der Waals surface area contributed by atoms with Gasteiger partial charge in [0, 0.05) is 30.6 Å². The molecule has 8 rings (SSSR count). The van der Waals surface area contributed by atoms with Crippen LogP contribution in [-0.2, 0) is 42.7 Å². The number of aliphatic hydroxyl groups excluding tert-OH is 7. The monoisotopic (exact) mass is 840 g/mol. The molecule has 0 spiro atoms. The van der Waals surface area contributed by atoms with Gasteiger partial charge < -0.3 is 78.7 Å². The van der Waals surface area contributed by atoms with Gasteiger partial charge in [-0.25, -0.2) is 4.79 Å². The molecule has 8 N–H and O–H groups in total. The van der Waals surface area contributed by atoms with Gasteiger partial charge in [0.15, 0.2) is 18.9 Å². The fourth-order valence-electron chi connectivity index (χ4n) is 12.3. The number of methoxy groups -OCH3 is 1. The first-order valence-corrected chi connectivity index (χ1v) is 21.4. The van der Waals surface area contributed by atoms with Crippen LogP contribution in [0.1, 0.15) is 78.6 Å². The maximum Gasteiger partial charge on any atom is 0.331 e. The molecule has 334 valence electrons. The number of fused-ring (bicyclic) bond motifs is 5. The van der Waals surface area contributed by atoms with Crippen LogP contribution in [0.4, 0.5) is 0 Å². The molecular formula is C42H64O17. The summed E-state index contributed by atoms with van der Waals surface area (Å²) in [4.78, 5) is 11.9. The molecule has 4 aliphatic heterocycles. The average molecular weight is 841 g/mol. The summed E-state index contributed by atoms with van der Waals surface area (Å²) in [6, 6.07) is 0. The molecule has 6 fully saturated rings. The standard InChI is InChI=1S/C42H64O17/c1-19-37(59-39-36(50)34(48)32(46)28(58-39)18-54-38-35(49)33(47)31(45)27(16-43)57-38)26(52-4)15-30(55-19)56-22-7-10-40(2)21(14-22)5-6-25-24(40)8-11-41(3)23(9-12-42(25,41)51)20-13-29(44)53-17-20/h9,13,19,21-22,24-28,30-39,43,45-51H,5-8,10-12,14-18H2,1-4H3/t19-,21+,22-,24-,25+,26+,27+,28+,30-,31+,32+,33-,34-,35+,36+,37-,38+,39-,40-,41+,42-/m0/s1. The van der Waals surface area contributed by atoms with Gasteiger partial charge in [-0.3, -0.25) is 0 Å². The number of cyclic esters (lactones) is 1. The summed E-state index contributed by atoms with van der Waals surface area (Å²) >= 11 is 0. The van der Waals surface area contributed by atoms with E-state index in [2.05, 4.69) is 19.9 Å². The lowest BCUT2D eigenvalue weighted by atomic mass is 9.43. The first-order valence-electron chi connectivity index (χ1n) is 21.4. The van der Waals surface area contributed by atoms with Gasteiger partial charge in [0.1, 0.15) is 61.5 Å². The molecule has 3 saturated heterocycles. The summed E-state index contributed by atoms with van der Waals surface area (Å²) in [5.41, 5.74) is 0.766. The van der Waals surface area contributed by atoms with Gasteiger partial charge in [-0.05, 0) is 87.0 Å². The second-order valence-electron chi connectivity index (χ2n) is 18.8. The van der Waals surface area contributed by atoms with Gasteiger partial charge in [-0.2, -0.15) is 0 Å². The SMILES string of the molecule is CO[C@@H]1C[C@H](O[C@H]2CC[C@@]3(C)[C@H](CC[C@@H]4[C@@H]3CC[C@]3(C)C(C5=CC(=O)OC5)=CC[C@]43O)C2)O[C@@H](C)[C@@H]1O[C@@H]1O[C@H](CO[C@@H]2O[C@H](CO)[C@@H](O)[C@H](O)[C@H]2O)[C@@H](O)[C@H](O)[C@H]1O. The Labute approximate surface area is 344 Å². The van der Waals surface area contributed by atoms with Crippen LogP contribution < -0.4 is 0 Å². The summed E-state index contributed by atoms with van der Waals surface area (Å²) in [5, 5.41) is 84.9. The van der Waals surface area contributed by atoms with Gasteiger partial charge in [0.25, 0.3) is 0 Å². The minimum Gasteiger partial charge on any atom is -0.458 e. The molecule has 0 aromatic carbocycles. The van der Waals surface area contributed by atoms with Crippen molar-refractivity contribution in [1.29, 1.82) is 0 Å². The van der Waals surface area contributed by atoms with Crippen LogP contribution in [0.15, 0.2) is 23.3 Å². The summed E-state index contributed by atoms with van der Waals surface area (Å²) in [7, 11) is 1.54. The molecule has 3 saturated carbocycles. The van der Waals surface area contributed by atoms with E-state index in [0.29, 0.717) is 24.7 Å². The van der Waals surface area contributed by atoms with E-state index in [1.54, 1.807) is 20.1 Å². The zero-order chi connectivity index (χ0) is 42.2. The Balaban J connectivity index is 0.857. The quantitative estimate of drug-likeness (QED) is 0.104. The topological polar surface area (TPSA) is 253 Å². The smallest absolute Gasteiger partial charge is 0.331 e. The van der Waals surface area contributed by atoms with Crippen molar-refractivity contribution >= 4 is 5.97 Å². The highest BCUT2D eigenvalue weighted by Crippen LogP contribution is 2.68. The van der Waals surface area contributed by atoms with Crippen LogP contribution in [0.3, 0.4) is 0 Å². The van der Waals surface area contributed by atoms with Gasteiger partial charge in [0.2, 0.25) is 0 Å². The predicted molar refractivity (Wildman–Crippen MR) is 202 cm³/mol. The Morgan fingerprint density at radius 2 is 1.53 bits per heavy atom. The molecule has 8 aliphatic rings. The summed E-state index contributed by atoms with van der Waals surface area (Å²) in [5.74, 6) is 0.650. The lowest BCUT2D eigenvalue weighted by molar-refractivity contribution is -0.355. The molecule has 0 aromatic heterocycles. The summed E-state index contributed by atoms with van der Waals surface area (Å²) < 4.78 is 47.2. The molecule has 0 bridgehead atoms. The molecule has 17 heteroatoms. The van der Waals surface area contributed by atoms with Crippen LogP contribution >= 0.6 is 0 Å². The van der Waals surface area contributed by atoms with Crippen molar-refractivity contribution in [1.82, 2.24) is 0 Å². The van der Waals surface area contributed by atoms with E-state index < -0.39 is 110 Å². The third kappa shape index (κ3) is 7.56. The van der Waals surface area contributed by atoms with E-state index in [1.807, 2.05) is 0 Å². The predicted octanol–water partition coefficient (Wildman–Crippen LogP) is -0.292. The van der Waals surface area contributed by atoms with E-state index in [1.165, 1.54) is 0 Å². The zero-order valence-corrected chi connectivity index (χ0v) is 34.3. The highest BCUT2D eigenvalue weighted by molar-refractivity contribution is 5.86. The van der Waals surface area contributed by atoms with Crippen molar-refractivity contribution in [2.45, 2.75) is 176 Å². The maximum atomic E-state index is 12.5. The van der Waals surface area contributed by atoms with Crippen LogP contribution in [0.25, 0.3) is 0 Å². The van der Waals surface area contributed by atoms with Crippen molar-refractivity contribution in [3.63, 3.8) is 0 Å². The average Bonchev–Trinajstić information content (AvgIpc) is 3.77. The normalized spacial score (nSPS) is 52.5. The molecular weight excluding hydrogens is 776 g/mol. The highest BCUT2D eigenvalue weighted by atomic mass is 16.8. The Hall–Kier alpha value is -1.65. The Morgan fingerprint density at radius 3 is 2.22 bits per heavy atom. The number of hydrogen-bond acceptors (Lipinski definition) is 17. The Bertz CT molecular complexity index is 1590. The van der Waals surface area contributed by atoms with E-state index >= 15 is 0 Å². The maximum absolute atomic E-state index is 12.5. The second-order valence-corrected chi connectivity index (χ2v) is 18.8. The van der Waals surface area contributed by atoms with Crippen LogP contribution in [0.2, 0.25) is 0 Å². The first-order chi connectivity index (χ1) is 28.0. The number of rotatable bonds is 10. The molecule has 17 nitrogen and oxygen atoms in total. The second kappa shape index (κ2) is 16.8. The van der Waals surface area contributed by atoms with Gasteiger partial charge >= 0.3 is 5.97 Å². The van der Waals surface area contributed by atoms with Gasteiger partial charge in [-0.1, -0.05) is 19.9 Å². The minimum absolute atomic E-state index is 0.0371. The third-order valence-corrected chi connectivity index (χ3v) is 15.9. The van der Waals surface area contributed by atoms with E-state index in [4.69, 9.17) is 37.9 Å². The van der Waals surface area contributed by atoms with Crippen LogP contribution in [0, 0.1) is 28.6 Å². The Kier molecular flexibility index (Phi) is 12.5. The van der Waals surface area contributed by atoms with Crippen molar-refractivity contribution in [2.24, 2.45) is 28.6 Å². The fourth-order valence-corrected chi connectivity index (χ4v) is 12.3. The molecule has 0 amide bonds. The van der Waals surface area contributed by atoms with E-state index in [9.17, 15) is 45.6 Å². The Morgan fingerprint density at radius 1 is 0.814 bits per heavy atom. The number of ether oxygens (including phenoxy) is 8. The summed E-state index contributed by atoms with van der Waals surface area (Å²) in [6.07, 6.45) is -6.76. The molecule has 0 unspecified atom stereocenters. The van der Waals surface area contributed by atoms with Crippen molar-refractivity contribution < 1.29 is 83.5 Å². The molecule has 59 heavy (non-hydrogen) atoms. The van der Waals surface area contributed by atoms with E-state index in [0.717, 1.165) is 56.1 Å². The van der Waals surface area contributed by atoms with Crippen LogP contribution in [0.5, 0.6) is 0 Å². The zero-order valence-electron chi connectivity index (χ0n) is 34.3.